The molecule has 4 heterocycles. The average Bonchev–Trinajstić information content (AvgIpc) is 2.81. The Labute approximate surface area is 115 Å². The van der Waals surface area contributed by atoms with Crippen LogP contribution in [0.15, 0.2) is 55.1 Å². The van der Waals surface area contributed by atoms with E-state index in [0.29, 0.717) is 0 Å². The van der Waals surface area contributed by atoms with E-state index in [1.165, 1.54) is 0 Å². The van der Waals surface area contributed by atoms with Gasteiger partial charge >= 0.3 is 0 Å². The van der Waals surface area contributed by atoms with E-state index < -0.39 is 0 Å². The molecular weight excluding hydrogens is 248 g/mol. The Morgan fingerprint density at radius 2 is 1.65 bits per heavy atom. The normalized spacial score (nSPS) is 11.2. The van der Waals surface area contributed by atoms with E-state index in [2.05, 4.69) is 20.6 Å². The Kier molecular flexibility index (Phi) is 2.29. The van der Waals surface area contributed by atoms with Crippen LogP contribution in [-0.2, 0) is 7.05 Å². The van der Waals surface area contributed by atoms with Crippen LogP contribution in [0.5, 0.6) is 0 Å². The SMILES string of the molecule is Cn1c2ccncc2c2ccc(-c3ccncc3)nc21. The summed E-state index contributed by atoms with van der Waals surface area (Å²) in [5.74, 6) is 0. The maximum absolute atomic E-state index is 4.79. The van der Waals surface area contributed by atoms with Crippen molar-refractivity contribution in [2.24, 2.45) is 7.05 Å². The highest BCUT2D eigenvalue weighted by atomic mass is 15.0. The van der Waals surface area contributed by atoms with Crippen molar-refractivity contribution in [2.75, 3.05) is 0 Å². The Balaban J connectivity index is 2.05. The fourth-order valence-electron chi connectivity index (χ4n) is 2.60. The first-order chi connectivity index (χ1) is 9.84. The molecule has 0 radical (unpaired) electrons. The van der Waals surface area contributed by atoms with Crippen molar-refractivity contribution >= 4 is 21.9 Å². The third kappa shape index (κ3) is 1.51. The highest BCUT2D eigenvalue weighted by Gasteiger charge is 2.10. The van der Waals surface area contributed by atoms with Gasteiger partial charge in [0.05, 0.1) is 11.2 Å². The smallest absolute Gasteiger partial charge is 0.141 e. The second-order valence-corrected chi connectivity index (χ2v) is 4.76. The minimum Gasteiger partial charge on any atom is -0.328 e. The molecule has 0 aliphatic carbocycles. The van der Waals surface area contributed by atoms with Gasteiger partial charge in [-0.05, 0) is 30.3 Å². The molecule has 0 unspecified atom stereocenters. The van der Waals surface area contributed by atoms with Gasteiger partial charge in [-0.2, -0.15) is 0 Å². The summed E-state index contributed by atoms with van der Waals surface area (Å²) in [6.07, 6.45) is 7.27. The van der Waals surface area contributed by atoms with E-state index >= 15 is 0 Å². The fraction of sp³-hybridized carbons (Fsp3) is 0.0625. The number of aromatic nitrogens is 4. The maximum atomic E-state index is 4.79. The highest BCUT2D eigenvalue weighted by Crippen LogP contribution is 2.28. The zero-order chi connectivity index (χ0) is 13.5. The summed E-state index contributed by atoms with van der Waals surface area (Å²) in [6.45, 7) is 0. The molecule has 0 aromatic carbocycles. The maximum Gasteiger partial charge on any atom is 0.141 e. The topological polar surface area (TPSA) is 43.6 Å². The summed E-state index contributed by atoms with van der Waals surface area (Å²) in [5, 5.41) is 2.27. The molecule has 0 aliphatic heterocycles. The van der Waals surface area contributed by atoms with E-state index in [0.717, 1.165) is 33.2 Å². The Bertz CT molecular complexity index is 910. The van der Waals surface area contributed by atoms with Crippen LogP contribution in [0, 0.1) is 0 Å². The number of rotatable bonds is 1. The van der Waals surface area contributed by atoms with Gasteiger partial charge in [-0.1, -0.05) is 0 Å². The quantitative estimate of drug-likeness (QED) is 0.528. The van der Waals surface area contributed by atoms with Crippen LogP contribution in [0.3, 0.4) is 0 Å². The van der Waals surface area contributed by atoms with Crippen molar-refractivity contribution in [2.45, 2.75) is 0 Å². The van der Waals surface area contributed by atoms with E-state index in [4.69, 9.17) is 4.98 Å². The van der Waals surface area contributed by atoms with Gasteiger partial charge in [-0.25, -0.2) is 4.98 Å². The van der Waals surface area contributed by atoms with Crippen LogP contribution >= 0.6 is 0 Å². The molecule has 4 nitrogen and oxygen atoms in total. The number of hydrogen-bond acceptors (Lipinski definition) is 3. The van der Waals surface area contributed by atoms with Gasteiger partial charge < -0.3 is 4.57 Å². The molecule has 4 aromatic heterocycles. The molecule has 0 saturated heterocycles. The van der Waals surface area contributed by atoms with Gasteiger partial charge in [0.1, 0.15) is 5.65 Å². The second-order valence-electron chi connectivity index (χ2n) is 4.76. The van der Waals surface area contributed by atoms with Crippen molar-refractivity contribution in [1.29, 1.82) is 0 Å². The van der Waals surface area contributed by atoms with Crippen molar-refractivity contribution in [1.82, 2.24) is 19.5 Å². The van der Waals surface area contributed by atoms with Crippen molar-refractivity contribution in [3.8, 4) is 11.3 Å². The van der Waals surface area contributed by atoms with Crippen LogP contribution in [0.1, 0.15) is 0 Å². The largest absolute Gasteiger partial charge is 0.328 e. The lowest BCUT2D eigenvalue weighted by molar-refractivity contribution is 0.989. The molecule has 0 fully saturated rings. The molecular formula is C16H12N4. The first-order valence-electron chi connectivity index (χ1n) is 6.44. The van der Waals surface area contributed by atoms with Gasteiger partial charge in [0.15, 0.2) is 0 Å². The molecule has 0 amide bonds. The Morgan fingerprint density at radius 1 is 0.850 bits per heavy atom. The predicted octanol–water partition coefficient (Wildman–Crippen LogP) is 3.18. The minimum absolute atomic E-state index is 0.957. The number of nitrogens with zero attached hydrogens (tertiary/aromatic N) is 4. The van der Waals surface area contributed by atoms with Crippen LogP contribution in [0.2, 0.25) is 0 Å². The first-order valence-corrected chi connectivity index (χ1v) is 6.44. The molecule has 0 atom stereocenters. The van der Waals surface area contributed by atoms with Crippen molar-refractivity contribution < 1.29 is 0 Å². The zero-order valence-corrected chi connectivity index (χ0v) is 11.0. The average molecular weight is 260 g/mol. The minimum atomic E-state index is 0.957. The lowest BCUT2D eigenvalue weighted by Crippen LogP contribution is -1.91. The van der Waals surface area contributed by atoms with Crippen LogP contribution in [-0.4, -0.2) is 19.5 Å². The Morgan fingerprint density at radius 3 is 2.50 bits per heavy atom. The van der Waals surface area contributed by atoms with E-state index in [1.54, 1.807) is 12.4 Å². The number of aryl methyl sites for hydroxylation is 1. The molecule has 4 rings (SSSR count). The molecule has 0 spiro atoms. The standard InChI is InChI=1S/C16H12N4/c1-20-15-6-9-18-10-13(15)12-2-3-14(19-16(12)20)11-4-7-17-8-5-11/h2-10H,1H3. The fourth-order valence-corrected chi connectivity index (χ4v) is 2.60. The summed E-state index contributed by atoms with van der Waals surface area (Å²) in [6, 6.07) is 10.1. The summed E-state index contributed by atoms with van der Waals surface area (Å²) in [5.41, 5.74) is 4.15. The molecule has 4 aromatic rings. The summed E-state index contributed by atoms with van der Waals surface area (Å²) < 4.78 is 2.11. The second kappa shape index (κ2) is 4.13. The molecule has 0 N–H and O–H groups in total. The summed E-state index contributed by atoms with van der Waals surface area (Å²) in [4.78, 5) is 13.0. The van der Waals surface area contributed by atoms with Gasteiger partial charge in [-0.15, -0.1) is 0 Å². The molecule has 0 aliphatic rings. The van der Waals surface area contributed by atoms with Gasteiger partial charge in [-0.3, -0.25) is 9.97 Å². The lowest BCUT2D eigenvalue weighted by atomic mass is 10.1. The van der Waals surface area contributed by atoms with Gasteiger partial charge in [0, 0.05) is 48.2 Å². The number of hydrogen-bond donors (Lipinski definition) is 0. The van der Waals surface area contributed by atoms with Gasteiger partial charge in [0.25, 0.3) is 0 Å². The molecule has 0 saturated carbocycles. The van der Waals surface area contributed by atoms with E-state index in [-0.39, 0.29) is 0 Å². The molecule has 0 bridgehead atoms. The van der Waals surface area contributed by atoms with E-state index in [1.807, 2.05) is 43.7 Å². The van der Waals surface area contributed by atoms with Crippen LogP contribution < -0.4 is 0 Å². The van der Waals surface area contributed by atoms with Crippen LogP contribution in [0.4, 0.5) is 0 Å². The Hall–Kier alpha value is -2.75. The zero-order valence-electron chi connectivity index (χ0n) is 11.0. The molecule has 96 valence electrons. The van der Waals surface area contributed by atoms with Crippen LogP contribution in [0.25, 0.3) is 33.2 Å². The number of fused-ring (bicyclic) bond motifs is 3. The van der Waals surface area contributed by atoms with Crippen molar-refractivity contribution in [3.63, 3.8) is 0 Å². The third-order valence-electron chi connectivity index (χ3n) is 3.62. The summed E-state index contributed by atoms with van der Waals surface area (Å²) >= 11 is 0. The highest BCUT2D eigenvalue weighted by molar-refractivity contribution is 6.06. The number of pyridine rings is 3. The van der Waals surface area contributed by atoms with Crippen molar-refractivity contribution in [3.05, 3.63) is 55.1 Å². The summed E-state index contributed by atoms with van der Waals surface area (Å²) in [7, 11) is 2.04. The van der Waals surface area contributed by atoms with Gasteiger partial charge in [0.2, 0.25) is 0 Å². The van der Waals surface area contributed by atoms with E-state index in [9.17, 15) is 0 Å². The molecule has 20 heavy (non-hydrogen) atoms. The lowest BCUT2D eigenvalue weighted by Gasteiger charge is -2.02. The first kappa shape index (κ1) is 11.1. The third-order valence-corrected chi connectivity index (χ3v) is 3.62. The monoisotopic (exact) mass is 260 g/mol. The molecule has 4 heteroatoms. The predicted molar refractivity (Wildman–Crippen MR) is 79.2 cm³/mol.